The van der Waals surface area contributed by atoms with Gasteiger partial charge in [0, 0.05) is 33.8 Å². The molecule has 0 aliphatic carbocycles. The van der Waals surface area contributed by atoms with Crippen LogP contribution in [0.25, 0.3) is 10.9 Å². The fourth-order valence-corrected chi connectivity index (χ4v) is 3.71. The highest BCUT2D eigenvalue weighted by atomic mass is 79.9. The summed E-state index contributed by atoms with van der Waals surface area (Å²) >= 11 is 3.19. The Balaban J connectivity index is 1.76. The molecule has 2 heterocycles. The zero-order valence-electron chi connectivity index (χ0n) is 13.9. The van der Waals surface area contributed by atoms with Crippen molar-refractivity contribution in [1.29, 1.82) is 0 Å². The van der Waals surface area contributed by atoms with Gasteiger partial charge in [0.1, 0.15) is 11.2 Å². The van der Waals surface area contributed by atoms with Crippen LogP contribution in [0, 0.1) is 5.82 Å². The normalized spacial score (nSPS) is 16.7. The molecule has 4 rings (SSSR count). The van der Waals surface area contributed by atoms with E-state index in [9.17, 15) is 17.6 Å². The number of anilines is 2. The molecule has 2 aromatic carbocycles. The second-order valence-corrected chi connectivity index (χ2v) is 7.34. The molecular weight excluding hydrogens is 426 g/mol. The third-order valence-corrected chi connectivity index (χ3v) is 4.96. The molecule has 0 bridgehead atoms. The first-order chi connectivity index (χ1) is 12.8. The summed E-state index contributed by atoms with van der Waals surface area (Å²) < 4.78 is 54.4. The Morgan fingerprint density at radius 2 is 1.93 bits per heavy atom. The molecule has 0 amide bonds. The van der Waals surface area contributed by atoms with Gasteiger partial charge in [0.25, 0.3) is 0 Å². The highest BCUT2D eigenvalue weighted by Gasteiger charge is 2.34. The molecule has 1 atom stereocenters. The van der Waals surface area contributed by atoms with E-state index >= 15 is 0 Å². The summed E-state index contributed by atoms with van der Waals surface area (Å²) in [6.45, 7) is 0.540. The summed E-state index contributed by atoms with van der Waals surface area (Å²) in [5.41, 5.74) is 0.865. The molecule has 3 aromatic rings. The van der Waals surface area contributed by atoms with Gasteiger partial charge in [0.2, 0.25) is 0 Å². The molecule has 140 valence electrons. The number of pyridine rings is 1. The molecule has 0 radical (unpaired) electrons. The van der Waals surface area contributed by atoms with E-state index in [0.29, 0.717) is 22.8 Å². The average Bonchev–Trinajstić information content (AvgIpc) is 2.61. The van der Waals surface area contributed by atoms with Crippen LogP contribution < -0.4 is 10.6 Å². The number of hydrogen-bond donors (Lipinski definition) is 2. The molecule has 1 unspecified atom stereocenters. The molecule has 27 heavy (non-hydrogen) atoms. The van der Waals surface area contributed by atoms with Gasteiger partial charge in [-0.1, -0.05) is 34.1 Å². The fourth-order valence-electron chi connectivity index (χ4n) is 3.28. The van der Waals surface area contributed by atoms with Gasteiger partial charge in [0.05, 0.1) is 0 Å². The number of aromatic nitrogens is 1. The summed E-state index contributed by atoms with van der Waals surface area (Å²) in [5, 5.41) is 6.71. The van der Waals surface area contributed by atoms with Crippen molar-refractivity contribution in [2.24, 2.45) is 0 Å². The summed E-state index contributed by atoms with van der Waals surface area (Å²) in [6, 6.07) is 11.2. The number of rotatable bonds is 2. The predicted octanol–water partition coefficient (Wildman–Crippen LogP) is 5.60. The minimum Gasteiger partial charge on any atom is -0.383 e. The lowest BCUT2D eigenvalue weighted by Gasteiger charge is -2.28. The van der Waals surface area contributed by atoms with Crippen LogP contribution in [0.2, 0.25) is 0 Å². The molecule has 0 saturated heterocycles. The highest BCUT2D eigenvalue weighted by Crippen LogP contribution is 2.36. The topological polar surface area (TPSA) is 37.0 Å². The summed E-state index contributed by atoms with van der Waals surface area (Å²) in [4.78, 5) is 3.50. The van der Waals surface area contributed by atoms with Gasteiger partial charge in [-0.3, -0.25) is 0 Å². The van der Waals surface area contributed by atoms with Gasteiger partial charge in [-0.25, -0.2) is 9.37 Å². The molecule has 2 N–H and O–H groups in total. The number of para-hydroxylation sites is 1. The van der Waals surface area contributed by atoms with Crippen molar-refractivity contribution in [3.63, 3.8) is 0 Å². The van der Waals surface area contributed by atoms with Gasteiger partial charge >= 0.3 is 6.18 Å². The highest BCUT2D eigenvalue weighted by molar-refractivity contribution is 9.10. The average molecular weight is 440 g/mol. The van der Waals surface area contributed by atoms with Gasteiger partial charge in [-0.2, -0.15) is 13.2 Å². The van der Waals surface area contributed by atoms with E-state index < -0.39 is 17.7 Å². The van der Waals surface area contributed by atoms with Crippen LogP contribution in [0.5, 0.6) is 0 Å². The van der Waals surface area contributed by atoms with Crippen LogP contribution in [0.4, 0.5) is 28.9 Å². The summed E-state index contributed by atoms with van der Waals surface area (Å²) in [6.07, 6.45) is -4.02. The maximum absolute atomic E-state index is 14.3. The standard InChI is InChI=1S/C19H14BrF4N3/c20-11-6-13-16(8-17(19(22,23)24)27-18(13)14(21)7-11)26-12-5-10-3-1-2-4-15(10)25-9-12/h1-4,6-8,12,25H,5,9H2,(H,26,27). The van der Waals surface area contributed by atoms with E-state index in [2.05, 4.69) is 31.5 Å². The Morgan fingerprint density at radius 1 is 1.15 bits per heavy atom. The molecule has 0 spiro atoms. The lowest BCUT2D eigenvalue weighted by atomic mass is 9.99. The molecule has 0 saturated carbocycles. The first kappa shape index (κ1) is 18.0. The Morgan fingerprint density at radius 3 is 2.70 bits per heavy atom. The van der Waals surface area contributed by atoms with E-state index in [1.807, 2.05) is 24.3 Å². The van der Waals surface area contributed by atoms with Gasteiger partial charge in [0.15, 0.2) is 5.82 Å². The second-order valence-electron chi connectivity index (χ2n) is 6.42. The Hall–Kier alpha value is -2.35. The zero-order valence-corrected chi connectivity index (χ0v) is 15.5. The second kappa shape index (κ2) is 6.67. The van der Waals surface area contributed by atoms with E-state index in [-0.39, 0.29) is 17.2 Å². The quantitative estimate of drug-likeness (QED) is 0.510. The first-order valence-electron chi connectivity index (χ1n) is 8.26. The Labute approximate surface area is 160 Å². The third kappa shape index (κ3) is 3.58. The number of benzene rings is 2. The van der Waals surface area contributed by atoms with Crippen LogP contribution in [-0.2, 0) is 12.6 Å². The fraction of sp³-hybridized carbons (Fsp3) is 0.211. The van der Waals surface area contributed by atoms with E-state index in [1.165, 1.54) is 0 Å². The Bertz CT molecular complexity index is 1020. The smallest absolute Gasteiger partial charge is 0.383 e. The number of halogens is 5. The van der Waals surface area contributed by atoms with Crippen LogP contribution in [0.3, 0.4) is 0 Å². The number of nitrogens with zero attached hydrogens (tertiary/aromatic N) is 1. The molecule has 0 fully saturated rings. The molecule has 3 nitrogen and oxygen atoms in total. The first-order valence-corrected chi connectivity index (χ1v) is 9.06. The third-order valence-electron chi connectivity index (χ3n) is 4.50. The number of fused-ring (bicyclic) bond motifs is 2. The van der Waals surface area contributed by atoms with Crippen molar-refractivity contribution in [2.75, 3.05) is 17.2 Å². The molecule has 8 heteroatoms. The number of nitrogens with one attached hydrogen (secondary N) is 2. The number of hydrogen-bond acceptors (Lipinski definition) is 3. The SMILES string of the molecule is Fc1cc(Br)cc2c(NC3CNc4ccccc4C3)cc(C(F)(F)F)nc12. The van der Waals surface area contributed by atoms with Crippen molar-refractivity contribution in [2.45, 2.75) is 18.6 Å². The minimum atomic E-state index is -4.67. The van der Waals surface area contributed by atoms with Crippen LogP contribution in [0.1, 0.15) is 11.3 Å². The summed E-state index contributed by atoms with van der Waals surface area (Å²) in [7, 11) is 0. The van der Waals surface area contributed by atoms with Crippen molar-refractivity contribution in [3.05, 3.63) is 64.0 Å². The van der Waals surface area contributed by atoms with E-state index in [4.69, 9.17) is 0 Å². The van der Waals surface area contributed by atoms with Crippen molar-refractivity contribution in [1.82, 2.24) is 4.98 Å². The molecule has 1 aliphatic heterocycles. The van der Waals surface area contributed by atoms with Crippen molar-refractivity contribution < 1.29 is 17.6 Å². The number of alkyl halides is 3. The zero-order chi connectivity index (χ0) is 19.2. The lowest BCUT2D eigenvalue weighted by Crippen LogP contribution is -2.34. The van der Waals surface area contributed by atoms with Crippen molar-refractivity contribution >= 4 is 38.2 Å². The van der Waals surface area contributed by atoms with Crippen LogP contribution >= 0.6 is 15.9 Å². The maximum atomic E-state index is 14.3. The minimum absolute atomic E-state index is 0.145. The molecular formula is C19H14BrF4N3. The lowest BCUT2D eigenvalue weighted by molar-refractivity contribution is -0.140. The monoisotopic (exact) mass is 439 g/mol. The van der Waals surface area contributed by atoms with Gasteiger partial charge in [-0.15, -0.1) is 0 Å². The molecule has 1 aromatic heterocycles. The van der Waals surface area contributed by atoms with Gasteiger partial charge < -0.3 is 10.6 Å². The van der Waals surface area contributed by atoms with Crippen LogP contribution in [0.15, 0.2) is 46.9 Å². The maximum Gasteiger partial charge on any atom is 0.433 e. The summed E-state index contributed by atoms with van der Waals surface area (Å²) in [5.74, 6) is -0.805. The van der Waals surface area contributed by atoms with Crippen molar-refractivity contribution in [3.8, 4) is 0 Å². The van der Waals surface area contributed by atoms with Gasteiger partial charge in [-0.05, 0) is 36.2 Å². The van der Waals surface area contributed by atoms with E-state index in [1.54, 1.807) is 6.07 Å². The molecule has 1 aliphatic rings. The predicted molar refractivity (Wildman–Crippen MR) is 100 cm³/mol. The largest absolute Gasteiger partial charge is 0.433 e. The van der Waals surface area contributed by atoms with Crippen LogP contribution in [-0.4, -0.2) is 17.6 Å². The Kier molecular flexibility index (Phi) is 4.46. The van der Waals surface area contributed by atoms with E-state index in [0.717, 1.165) is 23.4 Å².